The van der Waals surface area contributed by atoms with E-state index >= 15 is 0 Å². The fraction of sp³-hybridized carbons (Fsp3) is 0.429. The monoisotopic (exact) mass is 264 g/mol. The van der Waals surface area contributed by atoms with Crippen LogP contribution >= 0.6 is 0 Å². The Bertz CT molecular complexity index is 509. The fourth-order valence-corrected chi connectivity index (χ4v) is 2.06. The molecule has 0 bridgehead atoms. The van der Waals surface area contributed by atoms with Crippen LogP contribution in [0.15, 0.2) is 18.2 Å². The number of carboxylic acids is 1. The number of likely N-dealkylation sites (N-methyl/N-ethyl adjacent to an activating group) is 1. The van der Waals surface area contributed by atoms with Crippen molar-refractivity contribution in [2.45, 2.75) is 33.2 Å². The molecule has 19 heavy (non-hydrogen) atoms. The first-order valence-electron chi connectivity index (χ1n) is 6.13. The molecular weight excluding hydrogens is 244 g/mol. The molecular formula is C14H20N2O3. The van der Waals surface area contributed by atoms with Crippen molar-refractivity contribution >= 4 is 17.6 Å². The van der Waals surface area contributed by atoms with Gasteiger partial charge in [0.15, 0.2) is 0 Å². The quantitative estimate of drug-likeness (QED) is 0.849. The summed E-state index contributed by atoms with van der Waals surface area (Å²) in [5, 5.41) is 9.35. The molecule has 5 heteroatoms. The van der Waals surface area contributed by atoms with Gasteiger partial charge >= 0.3 is 5.97 Å². The number of nitrogens with zero attached hydrogens (tertiary/aromatic N) is 1. The number of hydrogen-bond acceptors (Lipinski definition) is 3. The molecule has 0 unspecified atom stereocenters. The summed E-state index contributed by atoms with van der Waals surface area (Å²) in [5.74, 6) is -1.51. The molecule has 0 fully saturated rings. The van der Waals surface area contributed by atoms with Crippen LogP contribution in [-0.4, -0.2) is 29.1 Å². The van der Waals surface area contributed by atoms with Crippen LogP contribution in [0.5, 0.6) is 0 Å². The van der Waals surface area contributed by atoms with E-state index in [2.05, 4.69) is 0 Å². The van der Waals surface area contributed by atoms with Crippen LogP contribution < -0.4 is 10.6 Å². The first kappa shape index (κ1) is 15.0. The molecule has 0 aliphatic heterocycles. The van der Waals surface area contributed by atoms with Gasteiger partial charge in [-0.1, -0.05) is 6.07 Å². The van der Waals surface area contributed by atoms with Crippen molar-refractivity contribution in [3.8, 4) is 0 Å². The topological polar surface area (TPSA) is 83.6 Å². The van der Waals surface area contributed by atoms with E-state index in [1.54, 1.807) is 36.9 Å². The maximum Gasteiger partial charge on any atom is 0.328 e. The molecule has 0 spiro atoms. The zero-order valence-electron chi connectivity index (χ0n) is 11.7. The molecule has 0 radical (unpaired) electrons. The van der Waals surface area contributed by atoms with Crippen molar-refractivity contribution in [3.05, 3.63) is 29.3 Å². The number of benzene rings is 1. The number of carbonyl (C=O) groups excluding carboxylic acids is 1. The Kier molecular flexibility index (Phi) is 4.19. The summed E-state index contributed by atoms with van der Waals surface area (Å²) in [6.07, 6.45) is 0. The molecule has 1 amide bonds. The summed E-state index contributed by atoms with van der Waals surface area (Å²) in [4.78, 5) is 24.6. The third-order valence-electron chi connectivity index (χ3n) is 3.22. The molecule has 3 N–H and O–H groups in total. The number of aliphatic carboxylic acids is 1. The number of carboxylic acid groups (broad SMARTS) is 1. The van der Waals surface area contributed by atoms with E-state index in [0.717, 1.165) is 5.56 Å². The Morgan fingerprint density at radius 3 is 2.37 bits per heavy atom. The number of hydrogen-bond donors (Lipinski definition) is 2. The Morgan fingerprint density at radius 1 is 1.37 bits per heavy atom. The van der Waals surface area contributed by atoms with Gasteiger partial charge < -0.3 is 15.7 Å². The second-order valence-electron chi connectivity index (χ2n) is 4.99. The number of nitrogens with two attached hydrogens (primary N) is 1. The lowest BCUT2D eigenvalue weighted by atomic mass is 9.99. The number of anilines is 1. The molecule has 104 valence electrons. The van der Waals surface area contributed by atoms with E-state index in [1.165, 1.54) is 0 Å². The van der Waals surface area contributed by atoms with Crippen molar-refractivity contribution < 1.29 is 14.7 Å². The van der Waals surface area contributed by atoms with Crippen LogP contribution in [0.25, 0.3) is 0 Å². The summed E-state index contributed by atoms with van der Waals surface area (Å²) < 4.78 is 0. The van der Waals surface area contributed by atoms with Crippen LogP contribution in [0.1, 0.15) is 36.7 Å². The molecule has 0 aromatic heterocycles. The van der Waals surface area contributed by atoms with Gasteiger partial charge in [-0.3, -0.25) is 4.79 Å². The van der Waals surface area contributed by atoms with E-state index < -0.39 is 17.4 Å². The summed E-state index contributed by atoms with van der Waals surface area (Å²) in [6.45, 7) is 7.40. The smallest absolute Gasteiger partial charge is 0.328 e. The third-order valence-corrected chi connectivity index (χ3v) is 3.22. The third kappa shape index (κ3) is 2.86. The van der Waals surface area contributed by atoms with Crippen molar-refractivity contribution in [3.63, 3.8) is 0 Å². The lowest BCUT2D eigenvalue weighted by Gasteiger charge is -2.37. The molecule has 5 nitrogen and oxygen atoms in total. The molecule has 0 aliphatic carbocycles. The molecule has 0 heterocycles. The van der Waals surface area contributed by atoms with E-state index in [1.807, 2.05) is 13.8 Å². The van der Waals surface area contributed by atoms with E-state index in [0.29, 0.717) is 17.8 Å². The molecule has 0 aliphatic rings. The fourth-order valence-electron chi connectivity index (χ4n) is 2.06. The summed E-state index contributed by atoms with van der Waals surface area (Å²) in [5.41, 5.74) is 6.08. The SMILES string of the molecule is CCN(c1cc(C)ccc1C(N)=O)C(C)(C)C(=O)O. The molecule has 0 saturated carbocycles. The second-order valence-corrected chi connectivity index (χ2v) is 4.99. The van der Waals surface area contributed by atoms with Gasteiger partial charge in [-0.15, -0.1) is 0 Å². The first-order chi connectivity index (χ1) is 8.71. The van der Waals surface area contributed by atoms with Crippen molar-refractivity contribution in [2.75, 3.05) is 11.4 Å². The standard InChI is InChI=1S/C14H20N2O3/c1-5-16(14(3,4)13(18)19)11-8-9(2)6-7-10(11)12(15)17/h6-8H,5H2,1-4H3,(H2,15,17)(H,18,19). The van der Waals surface area contributed by atoms with Gasteiger partial charge in [-0.2, -0.15) is 0 Å². The highest BCUT2D eigenvalue weighted by Gasteiger charge is 2.35. The van der Waals surface area contributed by atoms with E-state index in [4.69, 9.17) is 5.73 Å². The van der Waals surface area contributed by atoms with Gasteiger partial charge in [0, 0.05) is 6.54 Å². The van der Waals surface area contributed by atoms with Crippen LogP contribution in [0.3, 0.4) is 0 Å². The molecule has 0 atom stereocenters. The minimum absolute atomic E-state index is 0.335. The summed E-state index contributed by atoms with van der Waals surface area (Å²) in [6, 6.07) is 5.20. The van der Waals surface area contributed by atoms with Gasteiger partial charge in [0.25, 0.3) is 5.91 Å². The molecule has 0 saturated heterocycles. The highest BCUT2D eigenvalue weighted by Crippen LogP contribution is 2.28. The molecule has 1 rings (SSSR count). The number of carbonyl (C=O) groups is 2. The number of amides is 1. The minimum atomic E-state index is -1.12. The van der Waals surface area contributed by atoms with Gasteiger partial charge in [0.2, 0.25) is 0 Å². The van der Waals surface area contributed by atoms with Crippen LogP contribution in [0.2, 0.25) is 0 Å². The zero-order valence-corrected chi connectivity index (χ0v) is 11.7. The highest BCUT2D eigenvalue weighted by molar-refractivity contribution is 5.99. The number of primary amides is 1. The zero-order chi connectivity index (χ0) is 14.8. The summed E-state index contributed by atoms with van der Waals surface area (Å²) >= 11 is 0. The summed E-state index contributed by atoms with van der Waals surface area (Å²) in [7, 11) is 0. The van der Waals surface area contributed by atoms with Crippen LogP contribution in [0.4, 0.5) is 5.69 Å². The lowest BCUT2D eigenvalue weighted by Crippen LogP contribution is -2.51. The van der Waals surface area contributed by atoms with Crippen molar-refractivity contribution in [2.24, 2.45) is 5.73 Å². The minimum Gasteiger partial charge on any atom is -0.480 e. The van der Waals surface area contributed by atoms with Gasteiger partial charge in [-0.25, -0.2) is 4.79 Å². The van der Waals surface area contributed by atoms with Crippen LogP contribution in [-0.2, 0) is 4.79 Å². The van der Waals surface area contributed by atoms with Gasteiger partial charge in [0.05, 0.1) is 11.3 Å². The average molecular weight is 264 g/mol. The maximum absolute atomic E-state index is 11.5. The Hall–Kier alpha value is -2.04. The Morgan fingerprint density at radius 2 is 1.95 bits per heavy atom. The predicted octanol–water partition coefficient (Wildman–Crippen LogP) is 1.78. The molecule has 1 aromatic rings. The van der Waals surface area contributed by atoms with E-state index in [-0.39, 0.29) is 0 Å². The van der Waals surface area contributed by atoms with Crippen molar-refractivity contribution in [1.29, 1.82) is 0 Å². The Labute approximate surface area is 113 Å². The first-order valence-corrected chi connectivity index (χ1v) is 6.13. The largest absolute Gasteiger partial charge is 0.480 e. The van der Waals surface area contributed by atoms with Gasteiger partial charge in [0.1, 0.15) is 5.54 Å². The second kappa shape index (κ2) is 5.30. The van der Waals surface area contributed by atoms with E-state index in [9.17, 15) is 14.7 Å². The van der Waals surface area contributed by atoms with Crippen LogP contribution in [0, 0.1) is 6.92 Å². The normalized spacial score (nSPS) is 11.2. The number of rotatable bonds is 5. The Balaban J connectivity index is 3.44. The number of aryl methyl sites for hydroxylation is 1. The molecule has 1 aromatic carbocycles. The predicted molar refractivity (Wildman–Crippen MR) is 74.4 cm³/mol. The van der Waals surface area contributed by atoms with Crippen molar-refractivity contribution in [1.82, 2.24) is 0 Å². The lowest BCUT2D eigenvalue weighted by molar-refractivity contribution is -0.142. The highest BCUT2D eigenvalue weighted by atomic mass is 16.4. The van der Waals surface area contributed by atoms with Gasteiger partial charge in [-0.05, 0) is 45.4 Å². The average Bonchev–Trinajstić information content (AvgIpc) is 2.28. The maximum atomic E-state index is 11.5.